The van der Waals surface area contributed by atoms with Gasteiger partial charge in [0.25, 0.3) is 0 Å². The molecule has 82 valence electrons. The summed E-state index contributed by atoms with van der Waals surface area (Å²) in [7, 11) is 0. The van der Waals surface area contributed by atoms with Crippen LogP contribution in [0.2, 0.25) is 0 Å². The second-order valence-corrected chi connectivity index (χ2v) is 4.05. The van der Waals surface area contributed by atoms with Crippen molar-refractivity contribution in [3.05, 3.63) is 0 Å². The Kier molecular flexibility index (Phi) is 3.04. The third kappa shape index (κ3) is 1.58. The van der Waals surface area contributed by atoms with Gasteiger partial charge in [-0.3, -0.25) is 10.7 Å². The van der Waals surface area contributed by atoms with Crippen molar-refractivity contribution in [2.45, 2.75) is 32.7 Å². The predicted octanol–water partition coefficient (Wildman–Crippen LogP) is 1.43. The number of hydrogen-bond acceptors (Lipinski definition) is 2. The van der Waals surface area contributed by atoms with Gasteiger partial charge in [-0.25, -0.2) is 4.79 Å². The van der Waals surface area contributed by atoms with E-state index in [0.29, 0.717) is 0 Å². The molecule has 0 aromatic heterocycles. The van der Waals surface area contributed by atoms with Crippen LogP contribution in [0.4, 0.5) is 4.79 Å². The fourth-order valence-electron chi connectivity index (χ4n) is 1.88. The lowest BCUT2D eigenvalue weighted by atomic mass is 9.83. The minimum absolute atomic E-state index is 0.206. The third-order valence-electron chi connectivity index (χ3n) is 3.37. The van der Waals surface area contributed by atoms with E-state index in [9.17, 15) is 4.79 Å². The lowest BCUT2D eigenvalue weighted by Crippen LogP contribution is -2.51. The van der Waals surface area contributed by atoms with Crippen LogP contribution in [0, 0.1) is 23.7 Å². The molecule has 0 radical (unpaired) electrons. The molecule has 0 aliphatic carbocycles. The highest BCUT2D eigenvalue weighted by Crippen LogP contribution is 2.31. The molecule has 0 spiro atoms. The highest BCUT2D eigenvalue weighted by Gasteiger charge is 2.49. The zero-order chi connectivity index (χ0) is 11.6. The Hall–Kier alpha value is -1.50. The first-order valence-electron chi connectivity index (χ1n) is 5.09. The highest BCUT2D eigenvalue weighted by molar-refractivity contribution is 6.08. The lowest BCUT2D eigenvalue weighted by molar-refractivity contribution is 0.159. The molecule has 4 nitrogen and oxygen atoms in total. The maximum Gasteiger partial charge on any atom is 0.324 e. The monoisotopic (exact) mass is 207 g/mol. The molecular formula is C11H17N3O. The van der Waals surface area contributed by atoms with Crippen LogP contribution in [0.3, 0.4) is 0 Å². The summed E-state index contributed by atoms with van der Waals surface area (Å²) in [6, 6.07) is -0.263. The molecule has 1 aliphatic rings. The fourth-order valence-corrected chi connectivity index (χ4v) is 1.88. The molecule has 1 heterocycles. The molecule has 0 aromatic carbocycles. The van der Waals surface area contributed by atoms with Crippen molar-refractivity contribution in [3.8, 4) is 12.3 Å². The van der Waals surface area contributed by atoms with Crippen molar-refractivity contribution >= 4 is 11.9 Å². The summed E-state index contributed by atoms with van der Waals surface area (Å²) in [6.45, 7) is 6.20. The Morgan fingerprint density at radius 1 is 1.73 bits per heavy atom. The molecule has 1 fully saturated rings. The summed E-state index contributed by atoms with van der Waals surface area (Å²) < 4.78 is 0. The van der Waals surface area contributed by atoms with Crippen molar-refractivity contribution in [3.63, 3.8) is 0 Å². The second kappa shape index (κ2) is 3.93. The molecule has 0 bridgehead atoms. The summed E-state index contributed by atoms with van der Waals surface area (Å²) in [5.74, 6) is 2.92. The number of amides is 2. The average molecular weight is 207 g/mol. The van der Waals surface area contributed by atoms with Gasteiger partial charge in [-0.05, 0) is 12.8 Å². The number of amidine groups is 1. The standard InChI is InChI=1S/C11H17N3O/c1-5-7-14-10(15)13-9(12)11(14,4)8(3)6-2/h1,8H,6-7H2,2-4H3,(H2,12,13,15). The smallest absolute Gasteiger partial charge is 0.301 e. The Morgan fingerprint density at radius 3 is 2.80 bits per heavy atom. The van der Waals surface area contributed by atoms with Crippen molar-refractivity contribution in [1.82, 2.24) is 10.2 Å². The Morgan fingerprint density at radius 2 is 2.33 bits per heavy atom. The summed E-state index contributed by atoms with van der Waals surface area (Å²) in [5, 5.41) is 10.4. The maximum atomic E-state index is 11.6. The quantitative estimate of drug-likeness (QED) is 0.676. The van der Waals surface area contributed by atoms with Crippen LogP contribution in [-0.2, 0) is 0 Å². The van der Waals surface area contributed by atoms with E-state index in [2.05, 4.69) is 11.2 Å². The van der Waals surface area contributed by atoms with E-state index < -0.39 is 5.54 Å². The van der Waals surface area contributed by atoms with E-state index in [4.69, 9.17) is 11.8 Å². The molecule has 0 aromatic rings. The highest BCUT2D eigenvalue weighted by atomic mass is 16.2. The van der Waals surface area contributed by atoms with Gasteiger partial charge in [-0.2, -0.15) is 0 Å². The van der Waals surface area contributed by atoms with Gasteiger partial charge in [0.15, 0.2) is 0 Å². The predicted molar refractivity (Wildman–Crippen MR) is 59.7 cm³/mol. The fraction of sp³-hybridized carbons (Fsp3) is 0.636. The molecule has 1 aliphatic heterocycles. The maximum absolute atomic E-state index is 11.6. The zero-order valence-electron chi connectivity index (χ0n) is 9.42. The molecule has 2 unspecified atom stereocenters. The summed E-state index contributed by atoms with van der Waals surface area (Å²) in [6.07, 6.45) is 6.13. The van der Waals surface area contributed by atoms with Gasteiger partial charge in [-0.15, -0.1) is 6.42 Å². The van der Waals surface area contributed by atoms with E-state index in [0.717, 1.165) is 6.42 Å². The summed E-state index contributed by atoms with van der Waals surface area (Å²) in [4.78, 5) is 13.1. The number of nitrogens with one attached hydrogen (secondary N) is 2. The number of nitrogens with zero attached hydrogens (tertiary/aromatic N) is 1. The van der Waals surface area contributed by atoms with E-state index >= 15 is 0 Å². The average Bonchev–Trinajstić information content (AvgIpc) is 2.42. The van der Waals surface area contributed by atoms with Gasteiger partial charge in [0, 0.05) is 0 Å². The van der Waals surface area contributed by atoms with Gasteiger partial charge >= 0.3 is 6.03 Å². The van der Waals surface area contributed by atoms with Gasteiger partial charge < -0.3 is 4.90 Å². The molecule has 2 atom stereocenters. The van der Waals surface area contributed by atoms with Crippen LogP contribution in [0.1, 0.15) is 27.2 Å². The third-order valence-corrected chi connectivity index (χ3v) is 3.37. The molecular weight excluding hydrogens is 190 g/mol. The van der Waals surface area contributed by atoms with Gasteiger partial charge in [0.05, 0.1) is 6.54 Å². The summed E-state index contributed by atoms with van der Waals surface area (Å²) in [5.41, 5.74) is -0.585. The van der Waals surface area contributed by atoms with Crippen molar-refractivity contribution in [2.24, 2.45) is 5.92 Å². The molecule has 2 amide bonds. The Bertz CT molecular complexity index is 331. The van der Waals surface area contributed by atoms with Crippen LogP contribution < -0.4 is 5.32 Å². The molecule has 0 saturated carbocycles. The number of carbonyl (C=O) groups is 1. The normalized spacial score (nSPS) is 27.5. The Labute approximate surface area is 90.5 Å². The largest absolute Gasteiger partial charge is 0.324 e. The molecule has 4 heteroatoms. The van der Waals surface area contributed by atoms with Crippen molar-refractivity contribution in [2.75, 3.05) is 6.54 Å². The first kappa shape index (κ1) is 11.6. The van der Waals surface area contributed by atoms with E-state index in [1.807, 2.05) is 20.8 Å². The van der Waals surface area contributed by atoms with Gasteiger partial charge in [0.1, 0.15) is 11.4 Å². The van der Waals surface area contributed by atoms with Crippen LogP contribution >= 0.6 is 0 Å². The lowest BCUT2D eigenvalue weighted by Gasteiger charge is -2.36. The zero-order valence-corrected chi connectivity index (χ0v) is 9.42. The van der Waals surface area contributed by atoms with E-state index in [1.54, 1.807) is 4.90 Å². The molecule has 1 rings (SSSR count). The van der Waals surface area contributed by atoms with Gasteiger partial charge in [-0.1, -0.05) is 26.2 Å². The van der Waals surface area contributed by atoms with Gasteiger partial charge in [0.2, 0.25) is 0 Å². The van der Waals surface area contributed by atoms with Crippen LogP contribution in [0.5, 0.6) is 0 Å². The number of urea groups is 1. The van der Waals surface area contributed by atoms with Crippen molar-refractivity contribution < 1.29 is 4.79 Å². The van der Waals surface area contributed by atoms with Crippen LogP contribution in [0.25, 0.3) is 0 Å². The SMILES string of the molecule is C#CCN1C(=O)NC(=N)C1(C)C(C)CC. The van der Waals surface area contributed by atoms with Crippen LogP contribution in [-0.4, -0.2) is 28.9 Å². The molecule has 1 saturated heterocycles. The number of terminal acetylenes is 1. The first-order valence-corrected chi connectivity index (χ1v) is 5.09. The minimum atomic E-state index is -0.585. The van der Waals surface area contributed by atoms with Crippen molar-refractivity contribution in [1.29, 1.82) is 5.41 Å². The topological polar surface area (TPSA) is 56.2 Å². The minimum Gasteiger partial charge on any atom is -0.301 e. The first-order chi connectivity index (χ1) is 6.98. The number of rotatable bonds is 3. The van der Waals surface area contributed by atoms with Crippen LogP contribution in [0.15, 0.2) is 0 Å². The second-order valence-electron chi connectivity index (χ2n) is 4.05. The molecule has 15 heavy (non-hydrogen) atoms. The number of hydrogen-bond donors (Lipinski definition) is 2. The van der Waals surface area contributed by atoms with E-state index in [1.165, 1.54) is 0 Å². The summed E-state index contributed by atoms with van der Waals surface area (Å²) >= 11 is 0. The molecule has 2 N–H and O–H groups in total. The van der Waals surface area contributed by atoms with E-state index in [-0.39, 0.29) is 24.3 Å². The Balaban J connectivity index is 3.07. The number of carbonyl (C=O) groups excluding carboxylic acids is 1.